The molecule has 0 saturated heterocycles. The van der Waals surface area contributed by atoms with Crippen LogP contribution >= 0.6 is 0 Å². The Balaban J connectivity index is 1.58. The van der Waals surface area contributed by atoms with Crippen molar-refractivity contribution in [3.63, 3.8) is 0 Å². The second kappa shape index (κ2) is 10.4. The summed E-state index contributed by atoms with van der Waals surface area (Å²) in [5.74, 6) is -1.34. The third-order valence-corrected chi connectivity index (χ3v) is 4.14. The molecule has 0 bridgehead atoms. The minimum absolute atomic E-state index is 0.0462. The first-order valence-electron chi connectivity index (χ1n) is 9.28. The lowest BCUT2D eigenvalue weighted by Gasteiger charge is -2.10. The number of carbonyl (C=O) groups excluding carboxylic acids is 2. The number of nitro groups is 1. The average Bonchev–Trinajstić information content (AvgIpc) is 2.80. The molecule has 0 radical (unpaired) electrons. The summed E-state index contributed by atoms with van der Waals surface area (Å²) >= 11 is 0. The highest BCUT2D eigenvalue weighted by Gasteiger charge is 2.10. The van der Waals surface area contributed by atoms with Crippen LogP contribution in [0.4, 0.5) is 15.8 Å². The van der Waals surface area contributed by atoms with Crippen LogP contribution in [0.1, 0.15) is 15.9 Å². The van der Waals surface area contributed by atoms with Gasteiger partial charge in [0.15, 0.2) is 6.61 Å². The van der Waals surface area contributed by atoms with Crippen molar-refractivity contribution < 1.29 is 23.6 Å². The summed E-state index contributed by atoms with van der Waals surface area (Å²) < 4.78 is 19.1. The number of nitrogens with one attached hydrogen (secondary N) is 2. The van der Waals surface area contributed by atoms with E-state index in [0.717, 1.165) is 0 Å². The number of hydrogen-bond donors (Lipinski definition) is 2. The molecule has 0 atom stereocenters. The number of benzene rings is 3. The van der Waals surface area contributed by atoms with Crippen LogP contribution in [0.15, 0.2) is 77.9 Å². The second-order valence-corrected chi connectivity index (χ2v) is 6.36. The van der Waals surface area contributed by atoms with Crippen LogP contribution in [-0.2, 0) is 4.79 Å². The molecule has 162 valence electrons. The van der Waals surface area contributed by atoms with Crippen molar-refractivity contribution in [1.82, 2.24) is 5.43 Å². The van der Waals surface area contributed by atoms with Crippen molar-refractivity contribution in [1.29, 1.82) is 0 Å². The molecule has 0 spiro atoms. The third kappa shape index (κ3) is 5.95. The standard InChI is InChI=1S/C22H17FN4O5/c23-18-6-2-3-7-19(18)25-21(28)14-32-20-8-4-1-5-16(20)13-24-26-22(29)15-9-11-17(12-10-15)27(30)31/h1-13H,14H2,(H,25,28)(H,26,29). The van der Waals surface area contributed by atoms with Crippen LogP contribution in [0.5, 0.6) is 5.75 Å². The van der Waals surface area contributed by atoms with Crippen molar-refractivity contribution in [2.45, 2.75) is 0 Å². The molecule has 3 aromatic rings. The van der Waals surface area contributed by atoms with Crippen molar-refractivity contribution >= 4 is 29.4 Å². The van der Waals surface area contributed by atoms with E-state index in [1.165, 1.54) is 48.7 Å². The molecule has 9 nitrogen and oxygen atoms in total. The molecule has 2 N–H and O–H groups in total. The Hall–Kier alpha value is -4.60. The van der Waals surface area contributed by atoms with Crippen LogP contribution < -0.4 is 15.5 Å². The predicted molar refractivity (Wildman–Crippen MR) is 115 cm³/mol. The van der Waals surface area contributed by atoms with Gasteiger partial charge < -0.3 is 10.1 Å². The quantitative estimate of drug-likeness (QED) is 0.318. The fourth-order valence-electron chi connectivity index (χ4n) is 2.57. The first-order valence-corrected chi connectivity index (χ1v) is 9.28. The number of nitrogens with zero attached hydrogens (tertiary/aromatic N) is 2. The molecule has 0 saturated carbocycles. The Kier molecular flexibility index (Phi) is 7.20. The number of halogens is 1. The molecule has 3 rings (SSSR count). The number of anilines is 1. The SMILES string of the molecule is O=C(COc1ccccc1C=NNC(=O)c1ccc([N+](=O)[O-])cc1)Nc1ccccc1F. The highest BCUT2D eigenvalue weighted by molar-refractivity contribution is 5.95. The Bertz CT molecular complexity index is 1160. The molecule has 0 unspecified atom stereocenters. The minimum atomic E-state index is -0.562. The van der Waals surface area contributed by atoms with Crippen LogP contribution in [0, 0.1) is 15.9 Å². The fraction of sp³-hybridized carbons (Fsp3) is 0.0455. The lowest BCUT2D eigenvalue weighted by atomic mass is 10.2. The maximum Gasteiger partial charge on any atom is 0.271 e. The molecular formula is C22H17FN4O5. The van der Waals surface area contributed by atoms with Crippen LogP contribution in [-0.4, -0.2) is 29.6 Å². The molecule has 0 fully saturated rings. The van der Waals surface area contributed by atoms with Crippen LogP contribution in [0.3, 0.4) is 0 Å². The first-order chi connectivity index (χ1) is 15.4. The number of ether oxygens (including phenoxy) is 1. The Labute approximate surface area is 181 Å². The van der Waals surface area contributed by atoms with Gasteiger partial charge in [-0.2, -0.15) is 5.10 Å². The average molecular weight is 436 g/mol. The topological polar surface area (TPSA) is 123 Å². The van der Waals surface area contributed by atoms with Gasteiger partial charge in [0.2, 0.25) is 0 Å². The lowest BCUT2D eigenvalue weighted by molar-refractivity contribution is -0.384. The molecule has 0 aliphatic rings. The smallest absolute Gasteiger partial charge is 0.271 e. The number of non-ortho nitro benzene ring substituents is 1. The molecule has 0 aromatic heterocycles. The number of nitro benzene ring substituents is 1. The molecular weight excluding hydrogens is 419 g/mol. The van der Waals surface area contributed by atoms with Gasteiger partial charge in [-0.1, -0.05) is 24.3 Å². The van der Waals surface area contributed by atoms with E-state index in [0.29, 0.717) is 11.3 Å². The minimum Gasteiger partial charge on any atom is -0.483 e. The summed E-state index contributed by atoms with van der Waals surface area (Å²) in [7, 11) is 0. The van der Waals surface area contributed by atoms with Gasteiger partial charge in [-0.3, -0.25) is 19.7 Å². The molecule has 0 heterocycles. The van der Waals surface area contributed by atoms with E-state index in [9.17, 15) is 24.1 Å². The number of carbonyl (C=O) groups is 2. The third-order valence-electron chi connectivity index (χ3n) is 4.14. The van der Waals surface area contributed by atoms with Crippen molar-refractivity contribution in [3.05, 3.63) is 99.9 Å². The second-order valence-electron chi connectivity index (χ2n) is 6.36. The van der Waals surface area contributed by atoms with E-state index < -0.39 is 22.6 Å². The Morgan fingerprint density at radius 2 is 1.72 bits per heavy atom. The predicted octanol–water partition coefficient (Wildman–Crippen LogP) is 3.52. The van der Waals surface area contributed by atoms with Gasteiger partial charge in [0.05, 0.1) is 16.8 Å². The van der Waals surface area contributed by atoms with Crippen molar-refractivity contribution in [3.8, 4) is 5.75 Å². The van der Waals surface area contributed by atoms with E-state index >= 15 is 0 Å². The molecule has 2 amide bonds. The number of amides is 2. The highest BCUT2D eigenvalue weighted by Crippen LogP contribution is 2.17. The zero-order chi connectivity index (χ0) is 22.9. The summed E-state index contributed by atoms with van der Waals surface area (Å²) in [5.41, 5.74) is 2.91. The van der Waals surface area contributed by atoms with Gasteiger partial charge in [-0.05, 0) is 36.4 Å². The molecule has 10 heteroatoms. The number of hydrogen-bond acceptors (Lipinski definition) is 6. The van der Waals surface area contributed by atoms with Crippen molar-refractivity contribution in [2.24, 2.45) is 5.10 Å². The van der Waals surface area contributed by atoms with E-state index in [-0.39, 0.29) is 23.5 Å². The zero-order valence-corrected chi connectivity index (χ0v) is 16.5. The van der Waals surface area contributed by atoms with E-state index in [4.69, 9.17) is 4.74 Å². The number of para-hydroxylation sites is 2. The highest BCUT2D eigenvalue weighted by atomic mass is 19.1. The summed E-state index contributed by atoms with van der Waals surface area (Å²) in [4.78, 5) is 34.3. The van der Waals surface area contributed by atoms with Gasteiger partial charge in [-0.15, -0.1) is 0 Å². The Morgan fingerprint density at radius 3 is 2.44 bits per heavy atom. The first kappa shape index (κ1) is 22.1. The molecule has 32 heavy (non-hydrogen) atoms. The normalized spacial score (nSPS) is 10.5. The van der Waals surface area contributed by atoms with Gasteiger partial charge in [-0.25, -0.2) is 9.82 Å². The number of hydrazone groups is 1. The van der Waals surface area contributed by atoms with Gasteiger partial charge in [0.25, 0.3) is 17.5 Å². The maximum atomic E-state index is 13.6. The van der Waals surface area contributed by atoms with E-state index in [1.54, 1.807) is 30.3 Å². The summed E-state index contributed by atoms with van der Waals surface area (Å²) in [6.45, 7) is -0.367. The van der Waals surface area contributed by atoms with E-state index in [1.807, 2.05) is 0 Å². The zero-order valence-electron chi connectivity index (χ0n) is 16.5. The van der Waals surface area contributed by atoms with E-state index in [2.05, 4.69) is 15.8 Å². The summed E-state index contributed by atoms with van der Waals surface area (Å²) in [6, 6.07) is 17.5. The molecule has 0 aliphatic heterocycles. The largest absolute Gasteiger partial charge is 0.483 e. The lowest BCUT2D eigenvalue weighted by Crippen LogP contribution is -2.21. The monoisotopic (exact) mass is 436 g/mol. The fourth-order valence-corrected chi connectivity index (χ4v) is 2.57. The van der Waals surface area contributed by atoms with Crippen LogP contribution in [0.25, 0.3) is 0 Å². The molecule has 0 aliphatic carbocycles. The summed E-state index contributed by atoms with van der Waals surface area (Å²) in [5, 5.41) is 16.9. The van der Waals surface area contributed by atoms with Gasteiger partial charge in [0.1, 0.15) is 11.6 Å². The van der Waals surface area contributed by atoms with Crippen molar-refractivity contribution in [2.75, 3.05) is 11.9 Å². The van der Waals surface area contributed by atoms with Crippen LogP contribution in [0.2, 0.25) is 0 Å². The maximum absolute atomic E-state index is 13.6. The Morgan fingerprint density at radius 1 is 1.03 bits per heavy atom. The number of rotatable bonds is 8. The van der Waals surface area contributed by atoms with Gasteiger partial charge in [0, 0.05) is 23.3 Å². The summed E-state index contributed by atoms with van der Waals surface area (Å²) in [6.07, 6.45) is 1.33. The molecule has 3 aromatic carbocycles. The van der Waals surface area contributed by atoms with Gasteiger partial charge >= 0.3 is 0 Å².